The van der Waals surface area contributed by atoms with Gasteiger partial charge in [0.15, 0.2) is 6.29 Å². The van der Waals surface area contributed by atoms with Crippen molar-refractivity contribution in [3.05, 3.63) is 28.8 Å². The van der Waals surface area contributed by atoms with Gasteiger partial charge in [0.2, 0.25) is 0 Å². The van der Waals surface area contributed by atoms with E-state index in [2.05, 4.69) is 36.7 Å². The Hall–Kier alpha value is -0.830. The van der Waals surface area contributed by atoms with E-state index in [9.17, 15) is 9.90 Å². The number of phenols is 1. The molecule has 1 N–H and O–H groups in total. The molecule has 1 rings (SSSR count). The van der Waals surface area contributed by atoms with Crippen molar-refractivity contribution in [3.8, 4) is 5.75 Å². The molecule has 0 aliphatic carbocycles. The van der Waals surface area contributed by atoms with Gasteiger partial charge in [0.1, 0.15) is 5.75 Å². The molecule has 1 aromatic rings. The van der Waals surface area contributed by atoms with Crippen LogP contribution in [-0.2, 0) is 11.8 Å². The van der Waals surface area contributed by atoms with Crippen molar-refractivity contribution in [2.75, 3.05) is 5.33 Å². The fraction of sp³-hybridized carbons (Fsp3) is 0.500. The molecule has 2 nitrogen and oxygen atoms in total. The Labute approximate surface area is 111 Å². The zero-order chi connectivity index (χ0) is 13.1. The quantitative estimate of drug-likeness (QED) is 0.677. The van der Waals surface area contributed by atoms with E-state index in [0.717, 1.165) is 35.6 Å². The van der Waals surface area contributed by atoms with Crippen LogP contribution in [0.1, 0.15) is 48.7 Å². The van der Waals surface area contributed by atoms with Crippen molar-refractivity contribution in [2.45, 2.75) is 39.0 Å². The van der Waals surface area contributed by atoms with Gasteiger partial charge >= 0.3 is 0 Å². The predicted octanol–water partition coefficient (Wildman–Crippen LogP) is 3.83. The average molecular weight is 299 g/mol. The lowest BCUT2D eigenvalue weighted by atomic mass is 9.84. The fourth-order valence-electron chi connectivity index (χ4n) is 1.69. The first kappa shape index (κ1) is 14.2. The molecule has 0 unspecified atom stereocenters. The van der Waals surface area contributed by atoms with E-state index in [4.69, 9.17) is 0 Å². The number of alkyl halides is 1. The van der Waals surface area contributed by atoms with Gasteiger partial charge in [-0.15, -0.1) is 0 Å². The molecule has 0 fully saturated rings. The molecule has 0 spiro atoms. The summed E-state index contributed by atoms with van der Waals surface area (Å²) in [5, 5.41) is 10.9. The molecule has 0 radical (unpaired) electrons. The van der Waals surface area contributed by atoms with Gasteiger partial charge in [-0.2, -0.15) is 0 Å². The first-order valence-corrected chi connectivity index (χ1v) is 6.89. The van der Waals surface area contributed by atoms with Gasteiger partial charge in [-0.3, -0.25) is 4.79 Å². The van der Waals surface area contributed by atoms with Crippen molar-refractivity contribution in [1.29, 1.82) is 0 Å². The van der Waals surface area contributed by atoms with Crippen LogP contribution in [0.2, 0.25) is 0 Å². The van der Waals surface area contributed by atoms with Crippen LogP contribution in [0.4, 0.5) is 0 Å². The lowest BCUT2D eigenvalue weighted by molar-refractivity contribution is 0.112. The van der Waals surface area contributed by atoms with Crippen molar-refractivity contribution in [3.63, 3.8) is 0 Å². The molecule has 0 saturated heterocycles. The maximum Gasteiger partial charge on any atom is 0.153 e. The Balaban J connectivity index is 3.23. The molecule has 0 bridgehead atoms. The topological polar surface area (TPSA) is 37.3 Å². The molecule has 0 saturated carbocycles. The number of carbonyl (C=O) groups is 1. The highest BCUT2D eigenvalue weighted by Crippen LogP contribution is 2.31. The molecule has 0 aromatic heterocycles. The molecular weight excluding hydrogens is 280 g/mol. The third kappa shape index (κ3) is 3.56. The normalized spacial score (nSPS) is 11.5. The molecule has 0 aliphatic heterocycles. The van der Waals surface area contributed by atoms with E-state index in [1.807, 2.05) is 6.07 Å². The second-order valence-corrected chi connectivity index (χ2v) is 6.03. The molecule has 94 valence electrons. The van der Waals surface area contributed by atoms with Crippen molar-refractivity contribution in [2.24, 2.45) is 0 Å². The molecular formula is C14H19BrO2. The SMILES string of the molecule is CC(C)(C)c1cc(C=O)c(O)c(CCCBr)c1. The number of hydrogen-bond donors (Lipinski definition) is 1. The van der Waals surface area contributed by atoms with E-state index >= 15 is 0 Å². The van der Waals surface area contributed by atoms with Gasteiger partial charge in [0, 0.05) is 5.33 Å². The maximum absolute atomic E-state index is 11.0. The number of aryl methyl sites for hydroxylation is 1. The minimum Gasteiger partial charge on any atom is -0.507 e. The first-order valence-electron chi connectivity index (χ1n) is 5.77. The van der Waals surface area contributed by atoms with Crippen LogP contribution in [0.25, 0.3) is 0 Å². The van der Waals surface area contributed by atoms with Crippen LogP contribution in [-0.4, -0.2) is 16.7 Å². The fourth-order valence-corrected chi connectivity index (χ4v) is 1.97. The number of benzene rings is 1. The maximum atomic E-state index is 11.0. The van der Waals surface area contributed by atoms with Crippen LogP contribution in [0.3, 0.4) is 0 Å². The molecule has 0 heterocycles. The Morgan fingerprint density at radius 2 is 2.00 bits per heavy atom. The smallest absolute Gasteiger partial charge is 0.153 e. The largest absolute Gasteiger partial charge is 0.507 e. The second kappa shape index (κ2) is 5.67. The number of rotatable bonds is 4. The van der Waals surface area contributed by atoms with Gasteiger partial charge in [-0.05, 0) is 35.4 Å². The molecule has 0 aliphatic rings. The number of carbonyl (C=O) groups excluding carboxylic acids is 1. The van der Waals surface area contributed by atoms with Gasteiger partial charge in [-0.1, -0.05) is 42.8 Å². The van der Waals surface area contributed by atoms with Crippen LogP contribution in [0, 0.1) is 0 Å². The number of aldehydes is 1. The van der Waals surface area contributed by atoms with Gasteiger partial charge in [0.05, 0.1) is 5.56 Å². The minimum absolute atomic E-state index is 0.0192. The lowest BCUT2D eigenvalue weighted by Gasteiger charge is -2.21. The summed E-state index contributed by atoms with van der Waals surface area (Å²) in [6, 6.07) is 3.78. The summed E-state index contributed by atoms with van der Waals surface area (Å²) in [5.74, 6) is 0.133. The van der Waals surface area contributed by atoms with E-state index in [-0.39, 0.29) is 11.2 Å². The van der Waals surface area contributed by atoms with Gasteiger partial charge < -0.3 is 5.11 Å². The summed E-state index contributed by atoms with van der Waals surface area (Å²) in [4.78, 5) is 11.0. The van der Waals surface area contributed by atoms with Gasteiger partial charge in [-0.25, -0.2) is 0 Å². The second-order valence-electron chi connectivity index (χ2n) is 5.23. The van der Waals surface area contributed by atoms with Crippen LogP contribution >= 0.6 is 15.9 Å². The zero-order valence-electron chi connectivity index (χ0n) is 10.6. The average Bonchev–Trinajstić information content (AvgIpc) is 2.26. The van der Waals surface area contributed by atoms with E-state index in [0.29, 0.717) is 5.56 Å². The third-order valence-electron chi connectivity index (χ3n) is 2.79. The highest BCUT2D eigenvalue weighted by atomic mass is 79.9. The minimum atomic E-state index is -0.0192. The summed E-state index contributed by atoms with van der Waals surface area (Å²) >= 11 is 3.37. The van der Waals surface area contributed by atoms with E-state index in [1.165, 1.54) is 0 Å². The Bertz CT molecular complexity index is 405. The Morgan fingerprint density at radius 1 is 1.35 bits per heavy atom. The number of phenolic OH excluding ortho intramolecular Hbond substituents is 1. The molecule has 0 atom stereocenters. The van der Waals surface area contributed by atoms with E-state index in [1.54, 1.807) is 6.07 Å². The highest BCUT2D eigenvalue weighted by molar-refractivity contribution is 9.09. The first-order chi connectivity index (χ1) is 7.90. The van der Waals surface area contributed by atoms with Crippen molar-refractivity contribution < 1.29 is 9.90 Å². The molecule has 0 amide bonds. The van der Waals surface area contributed by atoms with Crippen LogP contribution < -0.4 is 0 Å². The summed E-state index contributed by atoms with van der Waals surface area (Å²) in [6.07, 6.45) is 2.45. The Kier molecular flexibility index (Phi) is 4.75. The standard InChI is InChI=1S/C14H19BrO2/c1-14(2,3)12-7-10(5-4-6-15)13(17)11(8-12)9-16/h7-9,17H,4-6H2,1-3H3. The van der Waals surface area contributed by atoms with Crippen molar-refractivity contribution in [1.82, 2.24) is 0 Å². The highest BCUT2D eigenvalue weighted by Gasteiger charge is 2.18. The Morgan fingerprint density at radius 3 is 2.47 bits per heavy atom. The number of hydrogen-bond acceptors (Lipinski definition) is 2. The predicted molar refractivity (Wildman–Crippen MR) is 74.3 cm³/mol. The lowest BCUT2D eigenvalue weighted by Crippen LogP contribution is -2.12. The molecule has 1 aromatic carbocycles. The summed E-state index contributed by atoms with van der Waals surface area (Å²) in [6.45, 7) is 6.30. The summed E-state index contributed by atoms with van der Waals surface area (Å²) < 4.78 is 0. The van der Waals surface area contributed by atoms with Crippen LogP contribution in [0.15, 0.2) is 12.1 Å². The molecule has 17 heavy (non-hydrogen) atoms. The summed E-state index contributed by atoms with van der Waals surface area (Å²) in [7, 11) is 0. The van der Waals surface area contributed by atoms with Gasteiger partial charge in [0.25, 0.3) is 0 Å². The number of aromatic hydroxyl groups is 1. The van der Waals surface area contributed by atoms with E-state index < -0.39 is 0 Å². The zero-order valence-corrected chi connectivity index (χ0v) is 12.2. The monoisotopic (exact) mass is 298 g/mol. The van der Waals surface area contributed by atoms with Crippen molar-refractivity contribution >= 4 is 22.2 Å². The molecule has 3 heteroatoms. The van der Waals surface area contributed by atoms with Crippen LogP contribution in [0.5, 0.6) is 5.75 Å². The third-order valence-corrected chi connectivity index (χ3v) is 3.35. The number of halogens is 1. The summed E-state index contributed by atoms with van der Waals surface area (Å²) in [5.41, 5.74) is 2.32.